The molecule has 5 heteroatoms. The molecule has 0 radical (unpaired) electrons. The third kappa shape index (κ3) is 2.67. The number of hydrogen-bond acceptors (Lipinski definition) is 4. The van der Waals surface area contributed by atoms with E-state index in [4.69, 9.17) is 16.3 Å². The van der Waals surface area contributed by atoms with Crippen molar-refractivity contribution in [2.24, 2.45) is 0 Å². The number of fused-ring (bicyclic) bond motifs is 2. The molecule has 3 rings (SSSR count). The highest BCUT2D eigenvalue weighted by Crippen LogP contribution is 2.35. The molecule has 2 bridgehead atoms. The van der Waals surface area contributed by atoms with E-state index in [-0.39, 0.29) is 0 Å². The van der Waals surface area contributed by atoms with Crippen LogP contribution in [0.4, 0.5) is 0 Å². The van der Waals surface area contributed by atoms with Crippen molar-refractivity contribution in [2.75, 3.05) is 20.2 Å². The van der Waals surface area contributed by atoms with Crippen LogP contribution in [-0.2, 0) is 6.54 Å². The molecule has 0 spiro atoms. The molecular formula is C15H21ClN2OS. The van der Waals surface area contributed by atoms with E-state index in [0.717, 1.165) is 25.4 Å². The fraction of sp³-hybridized carbons (Fsp3) is 0.600. The molecule has 3 unspecified atom stereocenters. The van der Waals surface area contributed by atoms with E-state index >= 15 is 0 Å². The lowest BCUT2D eigenvalue weighted by Crippen LogP contribution is -2.68. The Morgan fingerprint density at radius 1 is 1.40 bits per heavy atom. The zero-order chi connectivity index (χ0) is 14.3. The standard InChI is InChI=1S/C15H21ClN2OS/c1-10(20)17-8-12-6-13(9-17)18(12)7-11-3-4-15(19-2)14(16)5-11/h3-5,10,12-13,20H,6-9H2,1-2H3. The zero-order valence-corrected chi connectivity index (χ0v) is 13.6. The highest BCUT2D eigenvalue weighted by Gasteiger charge is 2.44. The van der Waals surface area contributed by atoms with Gasteiger partial charge in [-0.3, -0.25) is 9.80 Å². The van der Waals surface area contributed by atoms with Crippen molar-refractivity contribution < 1.29 is 4.74 Å². The lowest BCUT2D eigenvalue weighted by molar-refractivity contribution is -0.0764. The van der Waals surface area contributed by atoms with Gasteiger partial charge in [-0.15, -0.1) is 0 Å². The summed E-state index contributed by atoms with van der Waals surface area (Å²) >= 11 is 10.7. The normalized spacial score (nSPS) is 28.0. The molecule has 20 heavy (non-hydrogen) atoms. The minimum atomic E-state index is 0.359. The van der Waals surface area contributed by atoms with Crippen LogP contribution in [0, 0.1) is 0 Å². The summed E-state index contributed by atoms with van der Waals surface area (Å²) in [5.74, 6) is 0.745. The summed E-state index contributed by atoms with van der Waals surface area (Å²) in [6.45, 7) is 5.39. The summed E-state index contributed by atoms with van der Waals surface area (Å²) in [6, 6.07) is 7.43. The molecule has 1 aromatic rings. The molecule has 1 aromatic carbocycles. The largest absolute Gasteiger partial charge is 0.495 e. The number of halogens is 1. The van der Waals surface area contributed by atoms with Crippen molar-refractivity contribution in [2.45, 2.75) is 37.3 Å². The van der Waals surface area contributed by atoms with Gasteiger partial charge in [-0.2, -0.15) is 12.6 Å². The molecule has 0 N–H and O–H groups in total. The molecule has 2 heterocycles. The van der Waals surface area contributed by atoms with E-state index in [1.54, 1.807) is 7.11 Å². The second kappa shape index (κ2) is 5.76. The SMILES string of the molecule is COc1ccc(CN2C3CC2CN(C(C)S)C3)cc1Cl. The Morgan fingerprint density at radius 2 is 2.10 bits per heavy atom. The average Bonchev–Trinajstić information content (AvgIpc) is 2.45. The van der Waals surface area contributed by atoms with E-state index in [0.29, 0.717) is 22.5 Å². The Morgan fingerprint density at radius 3 is 2.65 bits per heavy atom. The third-order valence-electron chi connectivity index (χ3n) is 4.48. The topological polar surface area (TPSA) is 15.7 Å². The van der Waals surface area contributed by atoms with Crippen molar-refractivity contribution in [3.63, 3.8) is 0 Å². The minimum absolute atomic E-state index is 0.359. The zero-order valence-electron chi connectivity index (χ0n) is 11.9. The van der Waals surface area contributed by atoms with Crippen LogP contribution in [0.15, 0.2) is 18.2 Å². The Hall–Kier alpha value is -0.420. The van der Waals surface area contributed by atoms with Crippen LogP contribution in [0.1, 0.15) is 18.9 Å². The van der Waals surface area contributed by atoms with Crippen LogP contribution in [-0.4, -0.2) is 47.5 Å². The predicted molar refractivity (Wildman–Crippen MR) is 85.8 cm³/mol. The summed E-state index contributed by atoms with van der Waals surface area (Å²) < 4.78 is 5.20. The quantitative estimate of drug-likeness (QED) is 0.861. The molecule has 2 fully saturated rings. The molecular weight excluding hydrogens is 292 g/mol. The maximum absolute atomic E-state index is 6.20. The van der Waals surface area contributed by atoms with Gasteiger partial charge in [0.1, 0.15) is 5.75 Å². The molecule has 3 nitrogen and oxygen atoms in total. The van der Waals surface area contributed by atoms with Crippen molar-refractivity contribution in [1.29, 1.82) is 0 Å². The average molecular weight is 313 g/mol. The van der Waals surface area contributed by atoms with Crippen molar-refractivity contribution in [3.8, 4) is 5.75 Å². The van der Waals surface area contributed by atoms with Gasteiger partial charge in [-0.25, -0.2) is 0 Å². The molecule has 3 atom stereocenters. The smallest absolute Gasteiger partial charge is 0.137 e. The summed E-state index contributed by atoms with van der Waals surface area (Å²) in [5.41, 5.74) is 1.26. The summed E-state index contributed by atoms with van der Waals surface area (Å²) in [5, 5.41) is 1.05. The number of hydrogen-bond donors (Lipinski definition) is 1. The summed E-state index contributed by atoms with van der Waals surface area (Å²) in [7, 11) is 1.65. The lowest BCUT2D eigenvalue weighted by Gasteiger charge is -2.57. The van der Waals surface area contributed by atoms with E-state index in [1.165, 1.54) is 12.0 Å². The van der Waals surface area contributed by atoms with Crippen molar-refractivity contribution >= 4 is 24.2 Å². The van der Waals surface area contributed by atoms with Gasteiger partial charge in [0, 0.05) is 31.7 Å². The molecule has 2 saturated heterocycles. The second-order valence-electron chi connectivity index (χ2n) is 5.77. The molecule has 2 aliphatic heterocycles. The molecule has 110 valence electrons. The van der Waals surface area contributed by atoms with Crippen LogP contribution < -0.4 is 4.74 Å². The number of nitrogens with zero attached hydrogens (tertiary/aromatic N) is 2. The molecule has 0 amide bonds. The van der Waals surface area contributed by atoms with Crippen LogP contribution in [0.2, 0.25) is 5.02 Å². The first-order valence-electron chi connectivity index (χ1n) is 7.08. The molecule has 0 aliphatic carbocycles. The van der Waals surface area contributed by atoms with Gasteiger partial charge in [0.05, 0.1) is 17.5 Å². The van der Waals surface area contributed by atoms with Crippen LogP contribution in [0.5, 0.6) is 5.75 Å². The van der Waals surface area contributed by atoms with Gasteiger partial charge in [0.25, 0.3) is 0 Å². The fourth-order valence-electron chi connectivity index (χ4n) is 3.30. The van der Waals surface area contributed by atoms with Crippen LogP contribution in [0.25, 0.3) is 0 Å². The van der Waals surface area contributed by atoms with Gasteiger partial charge in [0.15, 0.2) is 0 Å². The third-order valence-corrected chi connectivity index (χ3v) is 5.10. The minimum Gasteiger partial charge on any atom is -0.495 e. The van der Waals surface area contributed by atoms with E-state index in [9.17, 15) is 0 Å². The second-order valence-corrected chi connectivity index (χ2v) is 6.92. The number of thiol groups is 1. The van der Waals surface area contributed by atoms with Gasteiger partial charge in [-0.1, -0.05) is 17.7 Å². The van der Waals surface area contributed by atoms with E-state index < -0.39 is 0 Å². The number of ether oxygens (including phenoxy) is 1. The first-order valence-corrected chi connectivity index (χ1v) is 7.98. The van der Waals surface area contributed by atoms with Gasteiger partial charge in [0.2, 0.25) is 0 Å². The van der Waals surface area contributed by atoms with E-state index in [2.05, 4.69) is 35.4 Å². The Bertz CT molecular complexity index is 485. The predicted octanol–water partition coefficient (Wildman–Crippen LogP) is 2.88. The van der Waals surface area contributed by atoms with Gasteiger partial charge >= 0.3 is 0 Å². The van der Waals surface area contributed by atoms with Crippen LogP contribution in [0.3, 0.4) is 0 Å². The number of benzene rings is 1. The highest BCUT2D eigenvalue weighted by molar-refractivity contribution is 7.80. The number of piperazine rings is 1. The first-order chi connectivity index (χ1) is 9.58. The molecule has 0 aromatic heterocycles. The monoisotopic (exact) mass is 312 g/mol. The fourth-order valence-corrected chi connectivity index (χ4v) is 3.77. The first kappa shape index (κ1) is 14.5. The molecule has 2 aliphatic rings. The Balaban J connectivity index is 1.64. The number of rotatable bonds is 4. The maximum Gasteiger partial charge on any atom is 0.137 e. The number of likely N-dealkylation sites (tertiary alicyclic amines) is 2. The highest BCUT2D eigenvalue weighted by atomic mass is 35.5. The summed E-state index contributed by atoms with van der Waals surface area (Å²) in [6.07, 6.45) is 1.32. The maximum atomic E-state index is 6.20. The molecule has 0 saturated carbocycles. The van der Waals surface area contributed by atoms with E-state index in [1.807, 2.05) is 12.1 Å². The summed E-state index contributed by atoms with van der Waals surface area (Å²) in [4.78, 5) is 5.05. The number of methoxy groups -OCH3 is 1. The van der Waals surface area contributed by atoms with Gasteiger partial charge in [-0.05, 0) is 31.0 Å². The van der Waals surface area contributed by atoms with Crippen molar-refractivity contribution in [3.05, 3.63) is 28.8 Å². The number of piperidine rings is 1. The Kier molecular flexibility index (Phi) is 4.18. The lowest BCUT2D eigenvalue weighted by atomic mass is 9.87. The van der Waals surface area contributed by atoms with Gasteiger partial charge < -0.3 is 4.74 Å². The van der Waals surface area contributed by atoms with Crippen LogP contribution >= 0.6 is 24.2 Å². The Labute approximate surface area is 131 Å². The van der Waals surface area contributed by atoms with Crippen molar-refractivity contribution in [1.82, 2.24) is 9.80 Å².